The number of carbonyl (C=O) groups is 2. The van der Waals surface area contributed by atoms with Crippen LogP contribution in [-0.2, 0) is 11.3 Å². The zero-order chi connectivity index (χ0) is 17.4. The van der Waals surface area contributed by atoms with Gasteiger partial charge in [-0.3, -0.25) is 14.9 Å². The fraction of sp³-hybridized carbons (Fsp3) is 0.0526. The van der Waals surface area contributed by atoms with Gasteiger partial charge in [-0.05, 0) is 47.2 Å². The van der Waals surface area contributed by atoms with Crippen LogP contribution in [-0.4, -0.2) is 15.7 Å². The summed E-state index contributed by atoms with van der Waals surface area (Å²) in [4.78, 5) is 23.5. The van der Waals surface area contributed by atoms with Crippen molar-refractivity contribution in [1.82, 2.24) is 9.88 Å². The quantitative estimate of drug-likeness (QED) is 0.629. The van der Waals surface area contributed by atoms with E-state index in [0.29, 0.717) is 4.91 Å². The first-order valence-corrected chi connectivity index (χ1v) is 9.29. The summed E-state index contributed by atoms with van der Waals surface area (Å²) in [7, 11) is 0. The first-order chi connectivity index (χ1) is 12.1. The molecule has 4 nitrogen and oxygen atoms in total. The minimum absolute atomic E-state index is 0.324. The highest BCUT2D eigenvalue weighted by Gasteiger charge is 2.25. The summed E-state index contributed by atoms with van der Waals surface area (Å²) in [6.07, 6.45) is 3.81. The highest BCUT2D eigenvalue weighted by molar-refractivity contribution is 9.10. The molecule has 0 bridgehead atoms. The van der Waals surface area contributed by atoms with Crippen LogP contribution in [0.4, 0.5) is 4.79 Å². The second-order valence-corrected chi connectivity index (χ2v) is 7.54. The van der Waals surface area contributed by atoms with Crippen LogP contribution in [0.5, 0.6) is 0 Å². The summed E-state index contributed by atoms with van der Waals surface area (Å²) in [5.74, 6) is -0.334. The average molecular weight is 413 g/mol. The molecule has 1 aliphatic heterocycles. The van der Waals surface area contributed by atoms with Crippen molar-refractivity contribution < 1.29 is 9.59 Å². The Morgan fingerprint density at radius 1 is 1.08 bits per heavy atom. The summed E-state index contributed by atoms with van der Waals surface area (Å²) < 4.78 is 3.25. The molecular formula is C19H13BrN2O2S. The van der Waals surface area contributed by atoms with Gasteiger partial charge in [0.2, 0.25) is 0 Å². The van der Waals surface area contributed by atoms with Gasteiger partial charge in [-0.15, -0.1) is 0 Å². The molecule has 0 unspecified atom stereocenters. The number of benzene rings is 2. The van der Waals surface area contributed by atoms with Gasteiger partial charge in [0.05, 0.1) is 4.91 Å². The third-order valence-electron chi connectivity index (χ3n) is 4.07. The second kappa shape index (κ2) is 6.54. The highest BCUT2D eigenvalue weighted by atomic mass is 79.9. The molecule has 2 heterocycles. The molecule has 2 aromatic carbocycles. The van der Waals surface area contributed by atoms with E-state index in [1.54, 1.807) is 6.08 Å². The van der Waals surface area contributed by atoms with E-state index in [1.165, 1.54) is 5.56 Å². The minimum Gasteiger partial charge on any atom is -0.343 e. The lowest BCUT2D eigenvalue weighted by atomic mass is 10.1. The van der Waals surface area contributed by atoms with Gasteiger partial charge in [-0.2, -0.15) is 0 Å². The van der Waals surface area contributed by atoms with E-state index in [1.807, 2.05) is 42.6 Å². The number of hydrogen-bond acceptors (Lipinski definition) is 3. The van der Waals surface area contributed by atoms with Gasteiger partial charge in [0, 0.05) is 28.1 Å². The van der Waals surface area contributed by atoms with E-state index in [9.17, 15) is 9.59 Å². The van der Waals surface area contributed by atoms with Crippen LogP contribution in [0.1, 0.15) is 11.1 Å². The molecule has 0 aliphatic carbocycles. The Kier molecular flexibility index (Phi) is 4.23. The molecule has 1 saturated heterocycles. The summed E-state index contributed by atoms with van der Waals surface area (Å²) in [6, 6.07) is 16.2. The molecule has 0 radical (unpaired) electrons. The third-order valence-corrected chi connectivity index (χ3v) is 5.66. The highest BCUT2D eigenvalue weighted by Crippen LogP contribution is 2.29. The van der Waals surface area contributed by atoms with E-state index in [-0.39, 0.29) is 11.1 Å². The standard InChI is InChI=1S/C19H13BrN2O2S/c20-15-6-2-1-4-13(15)11-22-9-8-14-12(5-3-7-16(14)22)10-17-18(23)21-19(24)25-17/h1-10H,11H2,(H,21,23,24)/b17-10-. The number of imide groups is 1. The van der Waals surface area contributed by atoms with E-state index < -0.39 is 0 Å². The normalized spacial score (nSPS) is 16.0. The molecule has 2 amide bonds. The SMILES string of the molecule is O=C1NC(=O)/C(=C/c2cccc3c2ccn3Cc2ccccc2Br)S1. The topological polar surface area (TPSA) is 51.1 Å². The number of rotatable bonds is 3. The largest absolute Gasteiger partial charge is 0.343 e. The van der Waals surface area contributed by atoms with Crippen LogP contribution < -0.4 is 5.32 Å². The molecular weight excluding hydrogens is 400 g/mol. The van der Waals surface area contributed by atoms with E-state index in [0.717, 1.165) is 39.2 Å². The summed E-state index contributed by atoms with van der Waals surface area (Å²) in [6.45, 7) is 0.749. The van der Waals surface area contributed by atoms with Crippen LogP contribution in [0.15, 0.2) is 64.1 Å². The monoisotopic (exact) mass is 412 g/mol. The molecule has 1 N–H and O–H groups in total. The summed E-state index contributed by atoms with van der Waals surface area (Å²) >= 11 is 4.53. The third kappa shape index (κ3) is 3.15. The maximum Gasteiger partial charge on any atom is 0.290 e. The van der Waals surface area contributed by atoms with Gasteiger partial charge in [0.15, 0.2) is 0 Å². The van der Waals surface area contributed by atoms with Crippen molar-refractivity contribution in [3.05, 3.63) is 75.2 Å². The molecule has 0 saturated carbocycles. The number of hydrogen-bond donors (Lipinski definition) is 1. The molecule has 124 valence electrons. The number of aromatic nitrogens is 1. The Bertz CT molecular complexity index is 1040. The van der Waals surface area contributed by atoms with Gasteiger partial charge in [-0.25, -0.2) is 0 Å². The minimum atomic E-state index is -0.334. The summed E-state index contributed by atoms with van der Waals surface area (Å²) in [5.41, 5.74) is 3.20. The predicted octanol–water partition coefficient (Wildman–Crippen LogP) is 4.78. The molecule has 0 spiro atoms. The maximum atomic E-state index is 11.8. The molecule has 1 aromatic heterocycles. The maximum absolute atomic E-state index is 11.8. The van der Waals surface area contributed by atoms with Crippen LogP contribution in [0.25, 0.3) is 17.0 Å². The lowest BCUT2D eigenvalue weighted by molar-refractivity contribution is -0.115. The van der Waals surface area contributed by atoms with E-state index >= 15 is 0 Å². The van der Waals surface area contributed by atoms with Crippen molar-refractivity contribution >= 4 is 55.8 Å². The van der Waals surface area contributed by atoms with Crippen LogP contribution in [0.2, 0.25) is 0 Å². The molecule has 25 heavy (non-hydrogen) atoms. The van der Waals surface area contributed by atoms with Crippen molar-refractivity contribution in [2.45, 2.75) is 6.54 Å². The average Bonchev–Trinajstić information content (AvgIpc) is 3.14. The van der Waals surface area contributed by atoms with Crippen molar-refractivity contribution in [3.8, 4) is 0 Å². The lowest BCUT2D eigenvalue weighted by Crippen LogP contribution is -2.17. The van der Waals surface area contributed by atoms with Crippen molar-refractivity contribution in [2.24, 2.45) is 0 Å². The summed E-state index contributed by atoms with van der Waals surface area (Å²) in [5, 5.41) is 3.01. The van der Waals surface area contributed by atoms with Crippen molar-refractivity contribution in [1.29, 1.82) is 0 Å². The number of nitrogens with zero attached hydrogens (tertiary/aromatic N) is 1. The molecule has 0 atom stereocenters. The Balaban J connectivity index is 1.74. The van der Waals surface area contributed by atoms with Crippen LogP contribution in [0.3, 0.4) is 0 Å². The number of halogens is 1. The predicted molar refractivity (Wildman–Crippen MR) is 104 cm³/mol. The molecule has 4 rings (SSSR count). The van der Waals surface area contributed by atoms with Gasteiger partial charge in [0.1, 0.15) is 0 Å². The fourth-order valence-corrected chi connectivity index (χ4v) is 3.97. The number of thioether (sulfide) groups is 1. The van der Waals surface area contributed by atoms with Crippen molar-refractivity contribution in [2.75, 3.05) is 0 Å². The zero-order valence-corrected chi connectivity index (χ0v) is 15.4. The van der Waals surface area contributed by atoms with Gasteiger partial charge in [-0.1, -0.05) is 46.3 Å². The Hall–Kier alpha value is -2.31. The molecule has 1 aliphatic rings. The van der Waals surface area contributed by atoms with Gasteiger partial charge >= 0.3 is 0 Å². The number of amides is 2. The van der Waals surface area contributed by atoms with E-state index in [2.05, 4.69) is 37.9 Å². The number of nitrogens with one attached hydrogen (secondary N) is 1. The Morgan fingerprint density at radius 3 is 2.68 bits per heavy atom. The Morgan fingerprint density at radius 2 is 1.92 bits per heavy atom. The lowest BCUT2D eigenvalue weighted by Gasteiger charge is -2.08. The van der Waals surface area contributed by atoms with E-state index in [4.69, 9.17) is 0 Å². The zero-order valence-electron chi connectivity index (χ0n) is 13.0. The van der Waals surface area contributed by atoms with Gasteiger partial charge in [0.25, 0.3) is 11.1 Å². The first-order valence-electron chi connectivity index (χ1n) is 7.68. The number of carbonyl (C=O) groups excluding carboxylic acids is 2. The fourth-order valence-electron chi connectivity index (χ4n) is 2.88. The van der Waals surface area contributed by atoms with Crippen molar-refractivity contribution in [3.63, 3.8) is 0 Å². The second-order valence-electron chi connectivity index (χ2n) is 5.67. The van der Waals surface area contributed by atoms with Gasteiger partial charge < -0.3 is 4.57 Å². The molecule has 1 fully saturated rings. The number of fused-ring (bicyclic) bond motifs is 1. The van der Waals surface area contributed by atoms with Crippen LogP contribution >= 0.6 is 27.7 Å². The smallest absolute Gasteiger partial charge is 0.290 e. The van der Waals surface area contributed by atoms with Crippen LogP contribution in [0, 0.1) is 0 Å². The molecule has 3 aromatic rings. The molecule has 6 heteroatoms. The Labute approximate surface area is 157 Å². The first kappa shape index (κ1) is 16.2.